The fourth-order valence-corrected chi connectivity index (χ4v) is 3.45. The molecule has 0 radical (unpaired) electrons. The second-order valence-electron chi connectivity index (χ2n) is 6.04. The van der Waals surface area contributed by atoms with Crippen LogP contribution in [0.4, 0.5) is 5.00 Å². The second-order valence-corrected chi connectivity index (χ2v) is 7.15. The molecule has 24 heavy (non-hydrogen) atoms. The van der Waals surface area contributed by atoms with Gasteiger partial charge >= 0.3 is 5.97 Å². The zero-order valence-corrected chi connectivity index (χ0v) is 16.1. The molecule has 0 spiro atoms. The van der Waals surface area contributed by atoms with Gasteiger partial charge in [-0.1, -0.05) is 52.4 Å². The van der Waals surface area contributed by atoms with Crippen molar-refractivity contribution in [3.63, 3.8) is 0 Å². The molecule has 1 heterocycles. The average Bonchev–Trinajstić information content (AvgIpc) is 3.01. The van der Waals surface area contributed by atoms with Crippen LogP contribution in [-0.2, 0) is 11.2 Å². The summed E-state index contributed by atoms with van der Waals surface area (Å²) in [4.78, 5) is 17.3. The normalized spacial score (nSPS) is 10.8. The fraction of sp³-hybridized carbons (Fsp3) is 0.684. The highest BCUT2D eigenvalue weighted by atomic mass is 32.1. The Labute approximate surface area is 150 Å². The highest BCUT2D eigenvalue weighted by Crippen LogP contribution is 2.32. The van der Waals surface area contributed by atoms with Crippen molar-refractivity contribution in [2.45, 2.75) is 71.6 Å². The number of hydrogen-bond donors (Lipinski definition) is 1. The summed E-state index contributed by atoms with van der Waals surface area (Å²) in [5.74, 6) is -0.313. The number of aliphatic imine (C=N–C) groups is 1. The maximum atomic E-state index is 12.2. The lowest BCUT2D eigenvalue weighted by molar-refractivity contribution is 0.0474. The van der Waals surface area contributed by atoms with Crippen LogP contribution < -0.4 is 5.32 Å². The molecule has 0 atom stereocenters. The van der Waals surface area contributed by atoms with Gasteiger partial charge in [-0.3, -0.25) is 10.3 Å². The van der Waals surface area contributed by atoms with Gasteiger partial charge < -0.3 is 4.74 Å². The van der Waals surface area contributed by atoms with Crippen molar-refractivity contribution in [2.24, 2.45) is 4.99 Å². The Hall–Kier alpha value is -1.20. The number of nitrogens with one attached hydrogen (secondary N) is 1. The summed E-state index contributed by atoms with van der Waals surface area (Å²) in [6.07, 6.45) is 10.8. The first-order chi connectivity index (χ1) is 11.7. The standard InChI is InChI=1S/C19H32N2O2S/c1-4-6-8-9-10-11-13-21-15-23-19(22)17-14-16(12-7-5-2)24-18(17)20-3/h14,21H,3-13,15H2,1-2H3. The van der Waals surface area contributed by atoms with E-state index in [1.165, 1.54) is 48.3 Å². The topological polar surface area (TPSA) is 50.7 Å². The van der Waals surface area contributed by atoms with Gasteiger partial charge in [-0.2, -0.15) is 0 Å². The molecule has 0 aromatic carbocycles. The number of ether oxygens (including phenoxy) is 1. The van der Waals surface area contributed by atoms with Crippen LogP contribution in [0.1, 0.15) is 80.4 Å². The Morgan fingerprint density at radius 2 is 1.88 bits per heavy atom. The number of nitrogens with zero attached hydrogens (tertiary/aromatic N) is 1. The van der Waals surface area contributed by atoms with Gasteiger partial charge in [0.05, 0.1) is 5.56 Å². The predicted molar refractivity (Wildman–Crippen MR) is 104 cm³/mol. The first-order valence-electron chi connectivity index (χ1n) is 9.20. The Bertz CT molecular complexity index is 486. The van der Waals surface area contributed by atoms with Crippen LogP contribution in [0.2, 0.25) is 0 Å². The lowest BCUT2D eigenvalue weighted by Crippen LogP contribution is -2.21. The molecule has 1 rings (SSSR count). The van der Waals surface area contributed by atoms with Gasteiger partial charge in [0.15, 0.2) is 0 Å². The lowest BCUT2D eigenvalue weighted by atomic mass is 10.1. The minimum Gasteiger partial charge on any atom is -0.446 e. The van der Waals surface area contributed by atoms with E-state index >= 15 is 0 Å². The van der Waals surface area contributed by atoms with E-state index in [1.807, 2.05) is 6.07 Å². The van der Waals surface area contributed by atoms with Crippen molar-refractivity contribution in [3.8, 4) is 0 Å². The van der Waals surface area contributed by atoms with E-state index in [2.05, 4.69) is 30.9 Å². The minimum absolute atomic E-state index is 0.254. The van der Waals surface area contributed by atoms with Gasteiger partial charge in [0.2, 0.25) is 0 Å². The molecule has 0 unspecified atom stereocenters. The molecule has 5 heteroatoms. The van der Waals surface area contributed by atoms with E-state index in [-0.39, 0.29) is 12.7 Å². The summed E-state index contributed by atoms with van der Waals surface area (Å²) < 4.78 is 5.30. The highest BCUT2D eigenvalue weighted by molar-refractivity contribution is 7.16. The van der Waals surface area contributed by atoms with Crippen molar-refractivity contribution < 1.29 is 9.53 Å². The molecule has 4 nitrogen and oxygen atoms in total. The van der Waals surface area contributed by atoms with Crippen LogP contribution in [0.15, 0.2) is 11.1 Å². The number of hydrogen-bond acceptors (Lipinski definition) is 5. The van der Waals surface area contributed by atoms with Crippen molar-refractivity contribution >= 4 is 29.0 Å². The number of carbonyl (C=O) groups is 1. The molecule has 1 aromatic heterocycles. The maximum Gasteiger partial charge on any atom is 0.342 e. The zero-order valence-electron chi connectivity index (χ0n) is 15.2. The minimum atomic E-state index is -0.313. The average molecular weight is 353 g/mol. The molecule has 0 aliphatic heterocycles. The first-order valence-corrected chi connectivity index (χ1v) is 10.0. The third-order valence-electron chi connectivity index (χ3n) is 3.92. The number of rotatable bonds is 14. The summed E-state index contributed by atoms with van der Waals surface area (Å²) in [5.41, 5.74) is 0.544. The maximum absolute atomic E-state index is 12.2. The summed E-state index contributed by atoms with van der Waals surface area (Å²) in [7, 11) is 0. The molecule has 1 aromatic rings. The van der Waals surface area contributed by atoms with Gasteiger partial charge in [0.1, 0.15) is 11.7 Å². The molecule has 136 valence electrons. The van der Waals surface area contributed by atoms with E-state index in [1.54, 1.807) is 0 Å². The number of unbranched alkanes of at least 4 members (excludes halogenated alkanes) is 6. The Kier molecular flexibility index (Phi) is 11.4. The van der Waals surface area contributed by atoms with Crippen LogP contribution >= 0.6 is 11.3 Å². The van der Waals surface area contributed by atoms with Crippen LogP contribution in [0.3, 0.4) is 0 Å². The van der Waals surface area contributed by atoms with Crippen molar-refractivity contribution in [2.75, 3.05) is 13.3 Å². The van der Waals surface area contributed by atoms with Crippen LogP contribution in [0, 0.1) is 0 Å². The molecule has 0 saturated carbocycles. The number of thiophene rings is 1. The third-order valence-corrected chi connectivity index (χ3v) is 5.04. The van der Waals surface area contributed by atoms with Gasteiger partial charge in [-0.15, -0.1) is 11.3 Å². The van der Waals surface area contributed by atoms with Crippen molar-refractivity contribution in [1.29, 1.82) is 0 Å². The highest BCUT2D eigenvalue weighted by Gasteiger charge is 2.16. The smallest absolute Gasteiger partial charge is 0.342 e. The summed E-state index contributed by atoms with van der Waals surface area (Å²) in [6.45, 7) is 9.08. The molecule has 1 N–H and O–H groups in total. The summed E-state index contributed by atoms with van der Waals surface area (Å²) >= 11 is 1.53. The van der Waals surface area contributed by atoms with Crippen molar-refractivity contribution in [1.82, 2.24) is 5.32 Å². The molecule has 0 fully saturated rings. The number of aryl methyl sites for hydroxylation is 1. The third kappa shape index (κ3) is 8.06. The monoisotopic (exact) mass is 352 g/mol. The van der Waals surface area contributed by atoms with Crippen molar-refractivity contribution in [3.05, 3.63) is 16.5 Å². The second kappa shape index (κ2) is 13.1. The van der Waals surface area contributed by atoms with Crippen LogP contribution in [0.25, 0.3) is 0 Å². The molecule has 0 saturated heterocycles. The number of esters is 1. The Balaban J connectivity index is 2.25. The molecular formula is C19H32N2O2S. The van der Waals surface area contributed by atoms with Gasteiger partial charge in [-0.25, -0.2) is 4.79 Å². The quantitative estimate of drug-likeness (QED) is 0.208. The molecule has 0 aliphatic carbocycles. The van der Waals surface area contributed by atoms with Crippen LogP contribution in [-0.4, -0.2) is 26.0 Å². The van der Waals surface area contributed by atoms with Crippen LogP contribution in [0.5, 0.6) is 0 Å². The van der Waals surface area contributed by atoms with E-state index < -0.39 is 0 Å². The predicted octanol–water partition coefficient (Wildman–Crippen LogP) is 5.49. The Morgan fingerprint density at radius 1 is 1.17 bits per heavy atom. The molecule has 0 amide bonds. The molecular weight excluding hydrogens is 320 g/mol. The number of carbonyl (C=O) groups excluding carboxylic acids is 1. The lowest BCUT2D eigenvalue weighted by Gasteiger charge is -2.06. The SMILES string of the molecule is C=Nc1sc(CCCC)cc1C(=O)OCNCCCCCCCC. The molecule has 0 bridgehead atoms. The van der Waals surface area contributed by atoms with Gasteiger partial charge in [-0.05, 0) is 38.6 Å². The van der Waals surface area contributed by atoms with E-state index in [9.17, 15) is 4.79 Å². The van der Waals surface area contributed by atoms with Gasteiger partial charge in [0, 0.05) is 4.88 Å². The zero-order chi connectivity index (χ0) is 17.6. The van der Waals surface area contributed by atoms with E-state index in [4.69, 9.17) is 4.74 Å². The van der Waals surface area contributed by atoms with E-state index in [0.717, 1.165) is 32.2 Å². The largest absolute Gasteiger partial charge is 0.446 e. The Morgan fingerprint density at radius 3 is 2.58 bits per heavy atom. The van der Waals surface area contributed by atoms with Gasteiger partial charge in [0.25, 0.3) is 0 Å². The van der Waals surface area contributed by atoms with E-state index in [0.29, 0.717) is 10.6 Å². The summed E-state index contributed by atoms with van der Waals surface area (Å²) in [6, 6.07) is 1.90. The first kappa shape index (κ1) is 20.8. The summed E-state index contributed by atoms with van der Waals surface area (Å²) in [5, 5.41) is 3.84. The molecule has 0 aliphatic rings. The fourth-order valence-electron chi connectivity index (χ4n) is 2.47.